The van der Waals surface area contributed by atoms with Gasteiger partial charge in [0.2, 0.25) is 0 Å². The first-order valence-electron chi connectivity index (χ1n) is 4.25. The van der Waals surface area contributed by atoms with E-state index in [1.807, 2.05) is 0 Å². The Labute approximate surface area is 85.6 Å². The Hall–Kier alpha value is -2.04. The summed E-state index contributed by atoms with van der Waals surface area (Å²) in [5.41, 5.74) is 0.312. The highest BCUT2D eigenvalue weighted by atomic mass is 16.4. The molecule has 5 heteroatoms. The molecule has 0 bridgehead atoms. The second kappa shape index (κ2) is 4.45. The molecular formula is C10H10O5. The lowest BCUT2D eigenvalue weighted by atomic mass is 9.99. The highest BCUT2D eigenvalue weighted by Crippen LogP contribution is 2.19. The van der Waals surface area contributed by atoms with Crippen LogP contribution in [0.15, 0.2) is 24.3 Å². The fraction of sp³-hybridized carbons (Fsp3) is 0.200. The fourth-order valence-corrected chi connectivity index (χ4v) is 1.18. The molecule has 0 unspecified atom stereocenters. The Morgan fingerprint density at radius 3 is 2.13 bits per heavy atom. The van der Waals surface area contributed by atoms with Crippen LogP contribution >= 0.6 is 0 Å². The molecule has 0 heterocycles. The van der Waals surface area contributed by atoms with Crippen LogP contribution < -0.4 is 0 Å². The minimum absolute atomic E-state index is 0.0926. The lowest BCUT2D eigenvalue weighted by Gasteiger charge is -2.08. The standard InChI is InChI=1S/C10H10O5/c11-8-4-2-1-3-6(8)5-7(9(12)13)10(14)15/h1-4,7,11H,5H2,(H,12,13)(H,14,15). The zero-order valence-corrected chi connectivity index (χ0v) is 7.75. The first kappa shape index (κ1) is 11.0. The zero-order chi connectivity index (χ0) is 11.4. The van der Waals surface area contributed by atoms with Crippen LogP contribution in [-0.2, 0) is 16.0 Å². The van der Waals surface area contributed by atoms with Crippen molar-refractivity contribution in [2.45, 2.75) is 6.42 Å². The first-order chi connectivity index (χ1) is 7.02. The average molecular weight is 210 g/mol. The lowest BCUT2D eigenvalue weighted by Crippen LogP contribution is -2.25. The van der Waals surface area contributed by atoms with Gasteiger partial charge in [-0.2, -0.15) is 0 Å². The van der Waals surface area contributed by atoms with E-state index in [1.54, 1.807) is 12.1 Å². The van der Waals surface area contributed by atoms with Crippen molar-refractivity contribution in [3.63, 3.8) is 0 Å². The third-order valence-electron chi connectivity index (χ3n) is 2.01. The Kier molecular flexibility index (Phi) is 3.28. The summed E-state index contributed by atoms with van der Waals surface area (Å²) in [7, 11) is 0. The number of rotatable bonds is 4. The van der Waals surface area contributed by atoms with Gasteiger partial charge in [-0.3, -0.25) is 9.59 Å². The maximum atomic E-state index is 10.6. The minimum atomic E-state index is -1.53. The topological polar surface area (TPSA) is 94.8 Å². The molecule has 3 N–H and O–H groups in total. The molecule has 80 valence electrons. The minimum Gasteiger partial charge on any atom is -0.508 e. The number of carboxylic acids is 2. The van der Waals surface area contributed by atoms with E-state index in [0.717, 1.165) is 0 Å². The molecule has 1 rings (SSSR count). The molecule has 15 heavy (non-hydrogen) atoms. The summed E-state index contributed by atoms with van der Waals surface area (Å²) in [6.45, 7) is 0. The van der Waals surface area contributed by atoms with Crippen LogP contribution in [0.1, 0.15) is 5.56 Å². The summed E-state index contributed by atoms with van der Waals surface area (Å²) in [4.78, 5) is 21.2. The smallest absolute Gasteiger partial charge is 0.318 e. The molecule has 0 fully saturated rings. The number of carbonyl (C=O) groups is 2. The predicted octanol–water partition coefficient (Wildman–Crippen LogP) is 0.720. The van der Waals surface area contributed by atoms with Crippen molar-refractivity contribution in [2.75, 3.05) is 0 Å². The van der Waals surface area contributed by atoms with Crippen molar-refractivity contribution in [1.29, 1.82) is 0 Å². The summed E-state index contributed by atoms with van der Waals surface area (Å²) < 4.78 is 0. The molecule has 0 atom stereocenters. The monoisotopic (exact) mass is 210 g/mol. The predicted molar refractivity (Wildman–Crippen MR) is 50.6 cm³/mol. The molecule has 1 aromatic rings. The van der Waals surface area contributed by atoms with Crippen LogP contribution in [0.5, 0.6) is 5.75 Å². The second-order valence-corrected chi connectivity index (χ2v) is 3.06. The highest BCUT2D eigenvalue weighted by Gasteiger charge is 2.26. The van der Waals surface area contributed by atoms with E-state index in [0.29, 0.717) is 5.56 Å². The van der Waals surface area contributed by atoms with Gasteiger partial charge in [-0.25, -0.2) is 0 Å². The van der Waals surface area contributed by atoms with Gasteiger partial charge in [-0.1, -0.05) is 18.2 Å². The van der Waals surface area contributed by atoms with Crippen molar-refractivity contribution in [3.05, 3.63) is 29.8 Å². The van der Waals surface area contributed by atoms with Gasteiger partial charge in [0.15, 0.2) is 5.92 Å². The van der Waals surface area contributed by atoms with Gasteiger partial charge in [0.25, 0.3) is 0 Å². The van der Waals surface area contributed by atoms with Crippen LogP contribution in [0.4, 0.5) is 0 Å². The third kappa shape index (κ3) is 2.70. The van der Waals surface area contributed by atoms with Gasteiger partial charge in [-0.05, 0) is 18.1 Å². The molecule has 0 aliphatic rings. The van der Waals surface area contributed by atoms with E-state index >= 15 is 0 Å². The maximum absolute atomic E-state index is 10.6. The molecular weight excluding hydrogens is 200 g/mol. The quantitative estimate of drug-likeness (QED) is 0.636. The van der Waals surface area contributed by atoms with E-state index < -0.39 is 17.9 Å². The number of aliphatic carboxylic acids is 2. The van der Waals surface area contributed by atoms with Crippen LogP contribution in [-0.4, -0.2) is 27.3 Å². The van der Waals surface area contributed by atoms with Gasteiger partial charge < -0.3 is 15.3 Å². The van der Waals surface area contributed by atoms with Gasteiger partial charge in [0.05, 0.1) is 0 Å². The Morgan fingerprint density at radius 2 is 1.67 bits per heavy atom. The number of phenols is 1. The lowest BCUT2D eigenvalue weighted by molar-refractivity contribution is -0.154. The number of carboxylic acid groups (broad SMARTS) is 2. The Bertz CT molecular complexity index is 371. The molecule has 0 aliphatic heterocycles. The average Bonchev–Trinajstić information content (AvgIpc) is 2.15. The van der Waals surface area contributed by atoms with Gasteiger partial charge in [-0.15, -0.1) is 0 Å². The number of aromatic hydroxyl groups is 1. The van der Waals surface area contributed by atoms with Crippen LogP contribution in [0.2, 0.25) is 0 Å². The Balaban J connectivity index is 2.88. The SMILES string of the molecule is O=C(O)C(Cc1ccccc1O)C(=O)O. The van der Waals surface area contributed by atoms with Gasteiger partial charge in [0.1, 0.15) is 5.75 Å². The number of para-hydroxylation sites is 1. The molecule has 5 nitrogen and oxygen atoms in total. The number of hydrogen-bond donors (Lipinski definition) is 3. The number of phenolic OH excluding ortho intramolecular Hbond substituents is 1. The molecule has 0 saturated carbocycles. The third-order valence-corrected chi connectivity index (χ3v) is 2.01. The van der Waals surface area contributed by atoms with E-state index in [1.165, 1.54) is 12.1 Å². The zero-order valence-electron chi connectivity index (χ0n) is 7.75. The molecule has 1 aromatic carbocycles. The molecule has 0 spiro atoms. The van der Waals surface area contributed by atoms with E-state index in [2.05, 4.69) is 0 Å². The van der Waals surface area contributed by atoms with Crippen LogP contribution in [0.3, 0.4) is 0 Å². The molecule has 0 amide bonds. The van der Waals surface area contributed by atoms with E-state index in [-0.39, 0.29) is 12.2 Å². The van der Waals surface area contributed by atoms with Gasteiger partial charge in [0, 0.05) is 0 Å². The highest BCUT2D eigenvalue weighted by molar-refractivity contribution is 5.93. The second-order valence-electron chi connectivity index (χ2n) is 3.06. The fourth-order valence-electron chi connectivity index (χ4n) is 1.18. The molecule has 0 aliphatic carbocycles. The summed E-state index contributed by atoms with van der Waals surface area (Å²) in [5.74, 6) is -4.44. The summed E-state index contributed by atoms with van der Waals surface area (Å²) in [6, 6.07) is 6.06. The van der Waals surface area contributed by atoms with Crippen molar-refractivity contribution in [2.24, 2.45) is 5.92 Å². The van der Waals surface area contributed by atoms with Crippen LogP contribution in [0, 0.1) is 5.92 Å². The Morgan fingerprint density at radius 1 is 1.13 bits per heavy atom. The maximum Gasteiger partial charge on any atom is 0.318 e. The van der Waals surface area contributed by atoms with E-state index in [9.17, 15) is 14.7 Å². The first-order valence-corrected chi connectivity index (χ1v) is 4.25. The van der Waals surface area contributed by atoms with Gasteiger partial charge >= 0.3 is 11.9 Å². The summed E-state index contributed by atoms with van der Waals surface area (Å²) in [5, 5.41) is 26.6. The summed E-state index contributed by atoms with van der Waals surface area (Å²) >= 11 is 0. The number of benzene rings is 1. The van der Waals surface area contributed by atoms with Crippen molar-refractivity contribution < 1.29 is 24.9 Å². The number of hydrogen-bond acceptors (Lipinski definition) is 3. The normalized spacial score (nSPS) is 10.2. The molecule has 0 aromatic heterocycles. The van der Waals surface area contributed by atoms with Crippen LogP contribution in [0.25, 0.3) is 0 Å². The summed E-state index contributed by atoms with van der Waals surface area (Å²) in [6.07, 6.45) is -0.225. The van der Waals surface area contributed by atoms with Crippen molar-refractivity contribution in [1.82, 2.24) is 0 Å². The van der Waals surface area contributed by atoms with Crippen molar-refractivity contribution in [3.8, 4) is 5.75 Å². The van der Waals surface area contributed by atoms with Crippen molar-refractivity contribution >= 4 is 11.9 Å². The largest absolute Gasteiger partial charge is 0.508 e. The molecule has 0 saturated heterocycles. The van der Waals surface area contributed by atoms with E-state index in [4.69, 9.17) is 10.2 Å². The molecule has 0 radical (unpaired) electrons.